The minimum atomic E-state index is -2.95. The Kier molecular flexibility index (Phi) is 5.08. The van der Waals surface area contributed by atoms with E-state index in [-0.39, 0.29) is 17.6 Å². The van der Waals surface area contributed by atoms with E-state index in [4.69, 9.17) is 4.74 Å². The third-order valence-corrected chi connectivity index (χ3v) is 4.14. The van der Waals surface area contributed by atoms with Crippen LogP contribution >= 0.6 is 11.8 Å². The molecule has 0 aromatic heterocycles. The molecule has 0 amide bonds. The Morgan fingerprint density at radius 1 is 1.53 bits per heavy atom. The SMILES string of the molecule is CS(=O)(=O)CCCC(=O)C1CSCCO1. The fraction of sp³-hybridized carbons (Fsp3) is 0.889. The van der Waals surface area contributed by atoms with Gasteiger partial charge in [-0.1, -0.05) is 0 Å². The van der Waals surface area contributed by atoms with Gasteiger partial charge in [-0.2, -0.15) is 11.8 Å². The molecule has 0 aromatic rings. The van der Waals surface area contributed by atoms with E-state index in [0.29, 0.717) is 25.2 Å². The minimum Gasteiger partial charge on any atom is -0.369 e. The second-order valence-corrected chi connectivity index (χ2v) is 7.04. The Balaban J connectivity index is 2.23. The van der Waals surface area contributed by atoms with Crippen molar-refractivity contribution in [2.24, 2.45) is 0 Å². The smallest absolute Gasteiger partial charge is 0.162 e. The highest BCUT2D eigenvalue weighted by atomic mass is 32.2. The van der Waals surface area contributed by atoms with E-state index >= 15 is 0 Å². The number of hydrogen-bond donors (Lipinski definition) is 0. The van der Waals surface area contributed by atoms with Crippen molar-refractivity contribution in [3.05, 3.63) is 0 Å². The first-order valence-electron chi connectivity index (χ1n) is 4.89. The molecule has 1 unspecified atom stereocenters. The number of Topliss-reactive ketones (excluding diaryl/α,β-unsaturated/α-hetero) is 1. The lowest BCUT2D eigenvalue weighted by molar-refractivity contribution is -0.129. The van der Waals surface area contributed by atoms with Gasteiger partial charge in [-0.15, -0.1) is 0 Å². The van der Waals surface area contributed by atoms with Crippen molar-refractivity contribution in [3.63, 3.8) is 0 Å². The fourth-order valence-corrected chi connectivity index (χ4v) is 2.89. The van der Waals surface area contributed by atoms with Gasteiger partial charge < -0.3 is 4.74 Å². The summed E-state index contributed by atoms with van der Waals surface area (Å²) in [5.41, 5.74) is 0. The number of rotatable bonds is 5. The summed E-state index contributed by atoms with van der Waals surface area (Å²) in [5.74, 6) is 1.76. The monoisotopic (exact) mass is 252 g/mol. The third kappa shape index (κ3) is 5.53. The van der Waals surface area contributed by atoms with Crippen LogP contribution in [0, 0.1) is 0 Å². The van der Waals surface area contributed by atoms with E-state index in [1.165, 1.54) is 6.26 Å². The summed E-state index contributed by atoms with van der Waals surface area (Å²) >= 11 is 1.71. The van der Waals surface area contributed by atoms with E-state index in [2.05, 4.69) is 0 Å². The van der Waals surface area contributed by atoms with Crippen molar-refractivity contribution in [2.75, 3.05) is 30.1 Å². The first-order chi connectivity index (χ1) is 6.99. The van der Waals surface area contributed by atoms with Crippen molar-refractivity contribution >= 4 is 27.4 Å². The number of ether oxygens (including phenoxy) is 1. The number of carbonyl (C=O) groups excluding carboxylic acids is 1. The summed E-state index contributed by atoms with van der Waals surface area (Å²) in [6.45, 7) is 0.618. The maximum Gasteiger partial charge on any atom is 0.162 e. The highest BCUT2D eigenvalue weighted by Crippen LogP contribution is 2.15. The molecule has 88 valence electrons. The number of carbonyl (C=O) groups is 1. The van der Waals surface area contributed by atoms with Crippen molar-refractivity contribution in [1.29, 1.82) is 0 Å². The molecule has 0 N–H and O–H groups in total. The molecule has 0 aliphatic carbocycles. The molecule has 4 nitrogen and oxygen atoms in total. The van der Waals surface area contributed by atoms with Crippen LogP contribution in [0.2, 0.25) is 0 Å². The van der Waals surface area contributed by atoms with Crippen LogP contribution in [0.25, 0.3) is 0 Å². The van der Waals surface area contributed by atoms with E-state index in [1.807, 2.05) is 0 Å². The predicted octanol–water partition coefficient (Wildman–Crippen LogP) is 0.512. The van der Waals surface area contributed by atoms with E-state index in [0.717, 1.165) is 5.75 Å². The molecule has 0 saturated carbocycles. The first kappa shape index (κ1) is 13.0. The summed E-state index contributed by atoms with van der Waals surface area (Å²) in [7, 11) is -2.95. The first-order valence-corrected chi connectivity index (χ1v) is 8.10. The zero-order chi connectivity index (χ0) is 11.3. The van der Waals surface area contributed by atoms with Gasteiger partial charge in [0.25, 0.3) is 0 Å². The van der Waals surface area contributed by atoms with Gasteiger partial charge in [0.2, 0.25) is 0 Å². The number of ketones is 1. The Hall–Kier alpha value is -0.0700. The largest absolute Gasteiger partial charge is 0.369 e. The Labute approximate surface area is 94.7 Å². The Bertz CT molecular complexity index is 304. The van der Waals surface area contributed by atoms with Crippen LogP contribution in [0.5, 0.6) is 0 Å². The fourth-order valence-electron chi connectivity index (χ4n) is 1.34. The maximum atomic E-state index is 11.6. The summed E-state index contributed by atoms with van der Waals surface area (Å²) < 4.78 is 27.0. The van der Waals surface area contributed by atoms with Gasteiger partial charge in [0, 0.05) is 24.2 Å². The number of hydrogen-bond acceptors (Lipinski definition) is 5. The average molecular weight is 252 g/mol. The molecule has 15 heavy (non-hydrogen) atoms. The van der Waals surface area contributed by atoms with Crippen LogP contribution in [0.15, 0.2) is 0 Å². The molecular formula is C9H16O4S2. The average Bonchev–Trinajstić information content (AvgIpc) is 2.17. The molecule has 0 radical (unpaired) electrons. The van der Waals surface area contributed by atoms with Gasteiger partial charge in [0.05, 0.1) is 12.4 Å². The quantitative estimate of drug-likeness (QED) is 0.713. The Morgan fingerprint density at radius 3 is 2.80 bits per heavy atom. The van der Waals surface area contributed by atoms with E-state index < -0.39 is 9.84 Å². The summed E-state index contributed by atoms with van der Waals surface area (Å²) in [6, 6.07) is 0. The maximum absolute atomic E-state index is 11.6. The van der Waals surface area contributed by atoms with Gasteiger partial charge >= 0.3 is 0 Å². The van der Waals surface area contributed by atoms with Crippen LogP contribution in [0.3, 0.4) is 0 Å². The highest BCUT2D eigenvalue weighted by molar-refractivity contribution is 7.99. The van der Waals surface area contributed by atoms with Crippen LogP contribution in [-0.4, -0.2) is 50.4 Å². The summed E-state index contributed by atoms with van der Waals surface area (Å²) in [4.78, 5) is 11.6. The lowest BCUT2D eigenvalue weighted by Crippen LogP contribution is -2.31. The zero-order valence-electron chi connectivity index (χ0n) is 8.77. The molecule has 1 saturated heterocycles. The van der Waals surface area contributed by atoms with Crippen LogP contribution in [0.1, 0.15) is 12.8 Å². The van der Waals surface area contributed by atoms with Crippen LogP contribution in [0.4, 0.5) is 0 Å². The van der Waals surface area contributed by atoms with Gasteiger partial charge in [-0.3, -0.25) is 4.79 Å². The minimum absolute atomic E-state index is 0.0332. The van der Waals surface area contributed by atoms with Crippen molar-refractivity contribution < 1.29 is 17.9 Å². The second kappa shape index (κ2) is 5.86. The third-order valence-electron chi connectivity index (χ3n) is 2.11. The molecule has 1 rings (SSSR count). The Morgan fingerprint density at radius 2 is 2.27 bits per heavy atom. The number of sulfone groups is 1. The molecule has 0 spiro atoms. The van der Waals surface area contributed by atoms with Crippen molar-refractivity contribution in [1.82, 2.24) is 0 Å². The van der Waals surface area contributed by atoms with Crippen LogP contribution < -0.4 is 0 Å². The molecule has 1 fully saturated rings. The molecule has 6 heteroatoms. The molecule has 1 aliphatic rings. The topological polar surface area (TPSA) is 60.4 Å². The standard InChI is InChI=1S/C9H16O4S2/c1-15(11,12)6-2-3-8(10)9-7-14-5-4-13-9/h9H,2-7H2,1H3. The summed E-state index contributed by atoms with van der Waals surface area (Å²) in [5, 5.41) is 0. The molecule has 1 aliphatic heterocycles. The van der Waals surface area contributed by atoms with Gasteiger partial charge in [0.15, 0.2) is 5.78 Å². The van der Waals surface area contributed by atoms with Crippen molar-refractivity contribution in [3.8, 4) is 0 Å². The van der Waals surface area contributed by atoms with Gasteiger partial charge in [-0.25, -0.2) is 8.42 Å². The summed E-state index contributed by atoms with van der Waals surface area (Å²) in [6.07, 6.45) is 1.58. The van der Waals surface area contributed by atoms with Gasteiger partial charge in [0.1, 0.15) is 15.9 Å². The van der Waals surface area contributed by atoms with E-state index in [1.54, 1.807) is 11.8 Å². The molecule has 1 heterocycles. The lowest BCUT2D eigenvalue weighted by Gasteiger charge is -2.20. The lowest BCUT2D eigenvalue weighted by atomic mass is 10.1. The molecule has 1 atom stereocenters. The van der Waals surface area contributed by atoms with Crippen molar-refractivity contribution in [2.45, 2.75) is 18.9 Å². The predicted molar refractivity (Wildman–Crippen MR) is 61.0 cm³/mol. The van der Waals surface area contributed by atoms with Crippen LogP contribution in [-0.2, 0) is 19.4 Å². The second-order valence-electron chi connectivity index (χ2n) is 3.63. The zero-order valence-corrected chi connectivity index (χ0v) is 10.4. The normalized spacial score (nSPS) is 22.6. The highest BCUT2D eigenvalue weighted by Gasteiger charge is 2.21. The van der Waals surface area contributed by atoms with E-state index in [9.17, 15) is 13.2 Å². The van der Waals surface area contributed by atoms with Gasteiger partial charge in [-0.05, 0) is 6.42 Å². The molecule has 0 aromatic carbocycles. The number of thioether (sulfide) groups is 1. The molecular weight excluding hydrogens is 236 g/mol. The molecule has 0 bridgehead atoms.